The van der Waals surface area contributed by atoms with Gasteiger partial charge in [0.1, 0.15) is 24.4 Å². The third-order valence-corrected chi connectivity index (χ3v) is 13.7. The van der Waals surface area contributed by atoms with Crippen molar-refractivity contribution in [2.24, 2.45) is 34.5 Å². The van der Waals surface area contributed by atoms with Gasteiger partial charge in [-0.3, -0.25) is 4.90 Å². The molecule has 7 N–H and O–H groups in total. The molecule has 0 aromatic rings. The lowest BCUT2D eigenvalue weighted by atomic mass is 9.46. The lowest BCUT2D eigenvalue weighted by Crippen LogP contribution is -2.66. The second kappa shape index (κ2) is 11.5. The van der Waals surface area contributed by atoms with Crippen LogP contribution in [0.2, 0.25) is 0 Å². The lowest BCUT2D eigenvalue weighted by molar-refractivity contribution is -0.330. The van der Waals surface area contributed by atoms with Gasteiger partial charge in [0.05, 0.1) is 30.0 Å². The first kappa shape index (κ1) is 33.2. The molecule has 2 saturated heterocycles. The fourth-order valence-corrected chi connectivity index (χ4v) is 11.6. The monoisotopic (exact) mass is 623 g/mol. The van der Waals surface area contributed by atoms with Crippen LogP contribution >= 0.6 is 0 Å². The SMILES string of the molecule is CN1C[C@](C)(O[C@@H]2O[C@H](CO)[C@@H](O)[C@H](O)[C@H]2O)CC[C@@H]1[C@@](C)(O)[C@H]1[C@H](O)C[C@@H]2[C@@H]3CC=C4C[C@H](O)CC[C@@]4(C)[C@H]3CC[C@@]21C. The van der Waals surface area contributed by atoms with Crippen LogP contribution in [-0.4, -0.2) is 121 Å². The quantitative estimate of drug-likeness (QED) is 0.222. The van der Waals surface area contributed by atoms with Crippen molar-refractivity contribution in [3.63, 3.8) is 0 Å². The minimum Gasteiger partial charge on any atom is -0.394 e. The van der Waals surface area contributed by atoms with Crippen LogP contribution in [0.3, 0.4) is 0 Å². The van der Waals surface area contributed by atoms with Gasteiger partial charge >= 0.3 is 0 Å². The van der Waals surface area contributed by atoms with Crippen molar-refractivity contribution in [1.29, 1.82) is 0 Å². The largest absolute Gasteiger partial charge is 0.394 e. The van der Waals surface area contributed by atoms with Crippen molar-refractivity contribution in [3.8, 4) is 0 Å². The molecule has 5 fully saturated rings. The van der Waals surface area contributed by atoms with Crippen molar-refractivity contribution < 1.29 is 45.2 Å². The van der Waals surface area contributed by atoms with Gasteiger partial charge in [0.25, 0.3) is 0 Å². The molecular weight excluding hydrogens is 566 g/mol. The van der Waals surface area contributed by atoms with E-state index in [1.165, 1.54) is 5.57 Å². The van der Waals surface area contributed by atoms with Crippen molar-refractivity contribution in [1.82, 2.24) is 4.90 Å². The first-order valence-electron chi connectivity index (χ1n) is 17.0. The van der Waals surface area contributed by atoms with Crippen LogP contribution in [0.15, 0.2) is 11.6 Å². The van der Waals surface area contributed by atoms with Crippen molar-refractivity contribution >= 4 is 0 Å². The molecule has 6 aliphatic rings. The molecule has 0 bridgehead atoms. The second-order valence-electron chi connectivity index (χ2n) is 16.4. The van der Waals surface area contributed by atoms with Crippen molar-refractivity contribution in [2.75, 3.05) is 20.2 Å². The maximum atomic E-state index is 12.5. The van der Waals surface area contributed by atoms with Crippen LogP contribution in [0.1, 0.15) is 85.5 Å². The summed E-state index contributed by atoms with van der Waals surface area (Å²) in [6, 6.07) is -0.225. The minimum absolute atomic E-state index is 0.115. The van der Waals surface area contributed by atoms with Gasteiger partial charge in [-0.05, 0) is 107 Å². The highest BCUT2D eigenvalue weighted by Crippen LogP contribution is 2.68. The average molecular weight is 624 g/mol. The molecule has 2 aliphatic heterocycles. The fourth-order valence-electron chi connectivity index (χ4n) is 11.6. The Morgan fingerprint density at radius 3 is 2.39 bits per heavy atom. The summed E-state index contributed by atoms with van der Waals surface area (Å²) in [6.07, 6.45) is 2.44. The summed E-state index contributed by atoms with van der Waals surface area (Å²) < 4.78 is 11.9. The zero-order valence-corrected chi connectivity index (χ0v) is 27.2. The number of ether oxygens (including phenoxy) is 2. The Morgan fingerprint density at radius 1 is 0.977 bits per heavy atom. The molecule has 252 valence electrons. The molecule has 2 heterocycles. The molecule has 10 nitrogen and oxygen atoms in total. The van der Waals surface area contributed by atoms with Gasteiger partial charge in [-0.15, -0.1) is 0 Å². The summed E-state index contributed by atoms with van der Waals surface area (Å²) in [6.45, 7) is 8.44. The molecule has 3 saturated carbocycles. The van der Waals surface area contributed by atoms with E-state index in [2.05, 4.69) is 24.8 Å². The van der Waals surface area contributed by atoms with Crippen LogP contribution in [0.5, 0.6) is 0 Å². The van der Waals surface area contributed by atoms with Crippen LogP contribution in [0, 0.1) is 34.5 Å². The minimum atomic E-state index is -1.50. The first-order valence-corrected chi connectivity index (χ1v) is 17.0. The van der Waals surface area contributed by atoms with Gasteiger partial charge in [-0.1, -0.05) is 25.5 Å². The fraction of sp³-hybridized carbons (Fsp3) is 0.941. The standard InChI is InChI=1S/C34H57NO9/c1-31(44-30-28(41)27(40)26(39)24(16-36)43-30)11-10-25(35(5)17-31)34(4,42)29-23(38)15-22-20-7-6-18-14-19(37)8-12-32(18,2)21(20)9-13-33(22,29)3/h6,19-30,36-42H,7-17H2,1-5H3/t19-,20-,21+,22-,23-,24-,25-,26-,27+,28-,29+,30+,31-,32-,33+,34-/m1/s1. The molecule has 10 heteroatoms. The van der Waals surface area contributed by atoms with Gasteiger partial charge < -0.3 is 45.2 Å². The lowest BCUT2D eigenvalue weighted by Gasteiger charge is -2.60. The van der Waals surface area contributed by atoms with E-state index in [9.17, 15) is 35.7 Å². The van der Waals surface area contributed by atoms with Crippen molar-refractivity contribution in [3.05, 3.63) is 11.6 Å². The highest BCUT2D eigenvalue weighted by molar-refractivity contribution is 5.26. The van der Waals surface area contributed by atoms with Gasteiger partial charge in [-0.25, -0.2) is 0 Å². The Kier molecular flexibility index (Phi) is 8.69. The predicted octanol–water partition coefficient (Wildman–Crippen LogP) is 1.32. The second-order valence-corrected chi connectivity index (χ2v) is 16.4. The Labute approximate surface area is 262 Å². The maximum Gasteiger partial charge on any atom is 0.187 e. The van der Waals surface area contributed by atoms with Gasteiger partial charge in [0, 0.05) is 18.5 Å². The number of rotatable bonds is 5. The zero-order valence-electron chi connectivity index (χ0n) is 27.2. The van der Waals surface area contributed by atoms with Crippen LogP contribution in [0.25, 0.3) is 0 Å². The van der Waals surface area contributed by atoms with E-state index in [0.717, 1.165) is 38.5 Å². The molecule has 44 heavy (non-hydrogen) atoms. The molecule has 0 aromatic carbocycles. The zero-order chi connectivity index (χ0) is 32.0. The smallest absolute Gasteiger partial charge is 0.187 e. The average Bonchev–Trinajstić information content (AvgIpc) is 3.24. The maximum absolute atomic E-state index is 12.5. The van der Waals surface area contributed by atoms with E-state index in [4.69, 9.17) is 9.47 Å². The van der Waals surface area contributed by atoms with E-state index in [1.54, 1.807) is 0 Å². The highest BCUT2D eigenvalue weighted by Gasteiger charge is 2.66. The highest BCUT2D eigenvalue weighted by atomic mass is 16.7. The number of nitrogens with zero attached hydrogens (tertiary/aromatic N) is 1. The number of aliphatic hydroxyl groups is 7. The number of likely N-dealkylation sites (N-methyl/N-ethyl adjacent to an activating group) is 1. The molecule has 0 amide bonds. The molecule has 0 aromatic heterocycles. The van der Waals surface area contributed by atoms with E-state index >= 15 is 0 Å². The first-order chi connectivity index (χ1) is 20.6. The van der Waals surface area contributed by atoms with E-state index in [-0.39, 0.29) is 28.9 Å². The molecule has 16 atom stereocenters. The van der Waals surface area contributed by atoms with E-state index in [1.807, 2.05) is 20.9 Å². The summed E-state index contributed by atoms with van der Waals surface area (Å²) >= 11 is 0. The summed E-state index contributed by atoms with van der Waals surface area (Å²) in [5, 5.41) is 75.1. The number of aliphatic hydroxyl groups excluding tert-OH is 6. The van der Waals surface area contributed by atoms with E-state index < -0.39 is 54.6 Å². The summed E-state index contributed by atoms with van der Waals surface area (Å²) in [5.74, 6) is 1.05. The third kappa shape index (κ3) is 5.15. The van der Waals surface area contributed by atoms with Crippen LogP contribution in [-0.2, 0) is 9.47 Å². The molecular formula is C34H57NO9. The number of piperidine rings is 1. The van der Waals surface area contributed by atoms with Crippen LogP contribution in [0.4, 0.5) is 0 Å². The molecule has 0 unspecified atom stereocenters. The topological polar surface area (TPSA) is 163 Å². The molecule has 4 aliphatic carbocycles. The number of allylic oxidation sites excluding steroid dienone is 1. The van der Waals surface area contributed by atoms with Gasteiger partial charge in [0.15, 0.2) is 6.29 Å². The molecule has 0 spiro atoms. The number of hydrogen-bond acceptors (Lipinski definition) is 10. The summed E-state index contributed by atoms with van der Waals surface area (Å²) in [5.41, 5.74) is -0.591. The Morgan fingerprint density at radius 2 is 1.70 bits per heavy atom. The predicted molar refractivity (Wildman–Crippen MR) is 162 cm³/mol. The van der Waals surface area contributed by atoms with E-state index in [0.29, 0.717) is 43.6 Å². The van der Waals surface area contributed by atoms with Gasteiger partial charge in [-0.2, -0.15) is 0 Å². The van der Waals surface area contributed by atoms with Crippen molar-refractivity contribution in [2.45, 2.75) is 146 Å². The van der Waals surface area contributed by atoms with Crippen LogP contribution < -0.4 is 0 Å². The molecule has 0 radical (unpaired) electrons. The van der Waals surface area contributed by atoms with Gasteiger partial charge in [0.2, 0.25) is 0 Å². The number of hydrogen-bond donors (Lipinski definition) is 7. The number of fused-ring (bicyclic) bond motifs is 5. The summed E-state index contributed by atoms with van der Waals surface area (Å²) in [7, 11) is 1.96. The Balaban J connectivity index is 1.17. The summed E-state index contributed by atoms with van der Waals surface area (Å²) in [4.78, 5) is 2.09. The Hall–Kier alpha value is -0.660. The molecule has 6 rings (SSSR count). The third-order valence-electron chi connectivity index (χ3n) is 13.7. The Bertz CT molecular complexity index is 1100. The normalized spacial score (nSPS) is 54.5. The number of likely N-dealkylation sites (tertiary alicyclic amines) is 1.